The number of fused-ring (bicyclic) bond motifs is 12. The first-order valence-electron chi connectivity index (χ1n) is 28.5. The van der Waals surface area contributed by atoms with Gasteiger partial charge < -0.3 is 0 Å². The van der Waals surface area contributed by atoms with Crippen molar-refractivity contribution in [3.63, 3.8) is 0 Å². The van der Waals surface area contributed by atoms with Gasteiger partial charge in [0.1, 0.15) is 0 Å². The normalized spacial score (nSPS) is 12.2. The lowest BCUT2D eigenvalue weighted by Gasteiger charge is -2.11. The van der Waals surface area contributed by atoms with Crippen LogP contribution >= 0.6 is 68.0 Å². The van der Waals surface area contributed by atoms with Gasteiger partial charge in [-0.15, -0.1) is 68.0 Å². The summed E-state index contributed by atoms with van der Waals surface area (Å²) in [5.41, 5.74) is 14.4. The molecule has 0 radical (unpaired) electrons. The molecule has 0 aliphatic carbocycles. The SMILES string of the molecule is CCCCc1c(-c2ccc3sc4cc5sc6ccc(-c7ccccc7)cc6c5cc4c3c2)sc(-c2sc(-c3ccc4sc5cc6sc7ccc(-c8ccccc8)cc7c6cc5c4c3)c(CCCC)c2CCCC)c1CCCC. The Morgan fingerprint density at radius 1 is 0.231 bits per heavy atom. The fourth-order valence-corrected chi connectivity index (χ4v) is 19.9. The molecular formula is C72H62S6. The van der Waals surface area contributed by atoms with E-state index in [-0.39, 0.29) is 0 Å². The van der Waals surface area contributed by atoms with Gasteiger partial charge in [-0.3, -0.25) is 0 Å². The highest BCUT2D eigenvalue weighted by atomic mass is 32.1. The van der Waals surface area contributed by atoms with Crippen molar-refractivity contribution < 1.29 is 0 Å². The molecule has 0 unspecified atom stereocenters. The molecule has 14 aromatic rings. The van der Waals surface area contributed by atoms with Gasteiger partial charge in [0.15, 0.2) is 0 Å². The Bertz CT molecular complexity index is 4250. The second-order valence-corrected chi connectivity index (χ2v) is 27.9. The van der Waals surface area contributed by atoms with Crippen LogP contribution in [0.25, 0.3) is 134 Å². The Morgan fingerprint density at radius 3 is 0.833 bits per heavy atom. The van der Waals surface area contributed by atoms with Gasteiger partial charge >= 0.3 is 0 Å². The molecule has 0 atom stereocenters. The maximum atomic E-state index is 2.58. The van der Waals surface area contributed by atoms with Crippen molar-refractivity contribution in [2.75, 3.05) is 0 Å². The van der Waals surface area contributed by atoms with Crippen molar-refractivity contribution in [1.82, 2.24) is 0 Å². The zero-order chi connectivity index (χ0) is 52.4. The topological polar surface area (TPSA) is 0 Å². The first kappa shape index (κ1) is 50.3. The average molecular weight is 1120 g/mol. The maximum Gasteiger partial charge on any atom is 0.0487 e. The van der Waals surface area contributed by atoms with Crippen molar-refractivity contribution in [1.29, 1.82) is 0 Å². The molecule has 0 saturated heterocycles. The van der Waals surface area contributed by atoms with Gasteiger partial charge in [0.05, 0.1) is 0 Å². The van der Waals surface area contributed by atoms with Gasteiger partial charge in [-0.05, 0) is 180 Å². The highest BCUT2D eigenvalue weighted by Crippen LogP contribution is 2.53. The first-order chi connectivity index (χ1) is 38.5. The van der Waals surface area contributed by atoms with E-state index >= 15 is 0 Å². The molecule has 0 nitrogen and oxygen atoms in total. The summed E-state index contributed by atoms with van der Waals surface area (Å²) >= 11 is 12.0. The summed E-state index contributed by atoms with van der Waals surface area (Å²) in [5, 5.41) is 11.0. The molecule has 78 heavy (non-hydrogen) atoms. The molecule has 6 heterocycles. The van der Waals surface area contributed by atoms with Crippen LogP contribution in [0.3, 0.4) is 0 Å². The van der Waals surface area contributed by atoms with Gasteiger partial charge in [-0.25, -0.2) is 0 Å². The molecule has 0 N–H and O–H groups in total. The third kappa shape index (κ3) is 8.87. The molecule has 6 aromatic heterocycles. The van der Waals surface area contributed by atoms with Crippen LogP contribution in [-0.2, 0) is 25.7 Å². The van der Waals surface area contributed by atoms with E-state index in [1.165, 1.54) is 175 Å². The standard InChI is InChI=1S/C72H62S6/c1-5-9-23-49-51(25-11-7-3)71(77-69(49)47-29-33-63-55(37-47)59-39-57-53-35-45(43-19-15-13-16-20-43)27-31-61(53)73-65(57)41-67(59)75-63)72-52(26-12-8-4)50(24-10-6-2)70(78-72)48-30-34-64-56(38-48)60-40-58-54-36-46(44-21-17-14-18-22-44)28-32-62(54)74-66(58)42-68(60)76-64/h13-22,27-42H,5-12,23-26H2,1-4H3. The minimum Gasteiger partial charge on any atom is -0.135 e. The zero-order valence-electron chi connectivity index (χ0n) is 44.9. The molecule has 0 amide bonds. The van der Waals surface area contributed by atoms with Crippen molar-refractivity contribution in [3.05, 3.63) is 180 Å². The Hall–Kier alpha value is -5.96. The molecule has 8 aromatic carbocycles. The lowest BCUT2D eigenvalue weighted by Crippen LogP contribution is -1.97. The molecule has 0 aliphatic rings. The van der Waals surface area contributed by atoms with Gasteiger partial charge in [0.25, 0.3) is 0 Å². The lowest BCUT2D eigenvalue weighted by atomic mass is 9.92. The van der Waals surface area contributed by atoms with E-state index in [4.69, 9.17) is 0 Å². The Kier molecular flexibility index (Phi) is 13.7. The number of unbranched alkanes of at least 4 members (excludes halogenated alkanes) is 4. The summed E-state index contributed by atoms with van der Waals surface area (Å²) in [6, 6.07) is 60.8. The number of benzene rings is 8. The maximum absolute atomic E-state index is 2.58. The quantitative estimate of drug-likeness (QED) is 0.0852. The summed E-state index contributed by atoms with van der Waals surface area (Å²) in [7, 11) is 0. The highest BCUT2D eigenvalue weighted by Gasteiger charge is 2.28. The lowest BCUT2D eigenvalue weighted by molar-refractivity contribution is 0.760. The van der Waals surface area contributed by atoms with Crippen LogP contribution in [0.5, 0.6) is 0 Å². The van der Waals surface area contributed by atoms with Crippen molar-refractivity contribution in [2.45, 2.75) is 105 Å². The van der Waals surface area contributed by atoms with Crippen LogP contribution in [0, 0.1) is 0 Å². The minimum absolute atomic E-state index is 1.13. The van der Waals surface area contributed by atoms with E-state index < -0.39 is 0 Å². The number of hydrogen-bond acceptors (Lipinski definition) is 6. The van der Waals surface area contributed by atoms with E-state index in [2.05, 4.69) is 208 Å². The van der Waals surface area contributed by atoms with Crippen LogP contribution in [-0.4, -0.2) is 0 Å². The highest BCUT2D eigenvalue weighted by molar-refractivity contribution is 7.29. The van der Waals surface area contributed by atoms with Crippen LogP contribution in [0.1, 0.15) is 101 Å². The molecule has 0 saturated carbocycles. The average Bonchev–Trinajstić information content (AvgIpc) is 4.50. The zero-order valence-corrected chi connectivity index (χ0v) is 49.8. The summed E-state index contributed by atoms with van der Waals surface area (Å²) < 4.78 is 11.0. The van der Waals surface area contributed by atoms with E-state index in [1.807, 2.05) is 45.3 Å². The minimum atomic E-state index is 1.13. The van der Waals surface area contributed by atoms with E-state index in [0.717, 1.165) is 25.7 Å². The van der Waals surface area contributed by atoms with Gasteiger partial charge in [-0.2, -0.15) is 0 Å². The van der Waals surface area contributed by atoms with Gasteiger partial charge in [-0.1, -0.05) is 138 Å². The van der Waals surface area contributed by atoms with Gasteiger partial charge in [0.2, 0.25) is 0 Å². The third-order valence-corrected chi connectivity index (χ3v) is 23.8. The van der Waals surface area contributed by atoms with Crippen molar-refractivity contribution in [3.8, 4) is 52.9 Å². The monoisotopic (exact) mass is 1120 g/mol. The van der Waals surface area contributed by atoms with Crippen LogP contribution in [0.15, 0.2) is 158 Å². The van der Waals surface area contributed by atoms with Crippen LogP contribution in [0.4, 0.5) is 0 Å². The van der Waals surface area contributed by atoms with Gasteiger partial charge in [0, 0.05) is 100 Å². The predicted octanol–water partition coefficient (Wildman–Crippen LogP) is 25.0. The first-order valence-corrected chi connectivity index (χ1v) is 33.4. The Labute approximate surface area is 482 Å². The van der Waals surface area contributed by atoms with E-state index in [0.29, 0.717) is 0 Å². The summed E-state index contributed by atoms with van der Waals surface area (Å²) in [6.45, 7) is 9.49. The summed E-state index contributed by atoms with van der Waals surface area (Å²) in [6.07, 6.45) is 14.1. The third-order valence-electron chi connectivity index (χ3n) is 16.4. The van der Waals surface area contributed by atoms with E-state index in [1.54, 1.807) is 32.0 Å². The molecule has 0 bridgehead atoms. The van der Waals surface area contributed by atoms with Crippen LogP contribution in [0.2, 0.25) is 0 Å². The Morgan fingerprint density at radius 2 is 0.513 bits per heavy atom. The molecular weight excluding hydrogens is 1060 g/mol. The van der Waals surface area contributed by atoms with Crippen molar-refractivity contribution in [2.24, 2.45) is 0 Å². The second kappa shape index (κ2) is 21.3. The summed E-state index contributed by atoms with van der Waals surface area (Å²) in [4.78, 5) is 6.12. The second-order valence-electron chi connectivity index (χ2n) is 21.5. The van der Waals surface area contributed by atoms with Crippen LogP contribution < -0.4 is 0 Å². The predicted molar refractivity (Wildman–Crippen MR) is 355 cm³/mol. The van der Waals surface area contributed by atoms with E-state index in [9.17, 15) is 0 Å². The Balaban J connectivity index is 0.924. The van der Waals surface area contributed by atoms with Crippen molar-refractivity contribution >= 4 is 149 Å². The fraction of sp³-hybridized carbons (Fsp3) is 0.222. The summed E-state index contributed by atoms with van der Waals surface area (Å²) in [5.74, 6) is 0. The molecule has 0 spiro atoms. The number of rotatable bonds is 17. The molecule has 0 aliphatic heterocycles. The fourth-order valence-electron chi connectivity index (χ4n) is 12.3. The smallest absolute Gasteiger partial charge is 0.0487 e. The molecule has 386 valence electrons. The molecule has 14 rings (SSSR count). The molecule has 0 fully saturated rings. The largest absolute Gasteiger partial charge is 0.135 e. The number of thiophene rings is 6. The number of hydrogen-bond donors (Lipinski definition) is 0. The molecule has 6 heteroatoms.